The van der Waals surface area contributed by atoms with Gasteiger partial charge in [-0.1, -0.05) is 24.9 Å². The van der Waals surface area contributed by atoms with E-state index in [-0.39, 0.29) is 17.7 Å². The Bertz CT molecular complexity index is 725. The molecule has 2 aromatic heterocycles. The summed E-state index contributed by atoms with van der Waals surface area (Å²) in [6, 6.07) is 3.73. The molecule has 0 unspecified atom stereocenters. The van der Waals surface area contributed by atoms with E-state index in [9.17, 15) is 4.79 Å². The van der Waals surface area contributed by atoms with E-state index in [1.165, 1.54) is 4.90 Å². The molecule has 8 heteroatoms. The maximum Gasteiger partial charge on any atom is 0.280 e. The lowest BCUT2D eigenvalue weighted by Gasteiger charge is -2.23. The van der Waals surface area contributed by atoms with Gasteiger partial charge in [-0.2, -0.15) is 5.10 Å². The lowest BCUT2D eigenvalue weighted by molar-refractivity contribution is 0.0250. The molecule has 2 aromatic rings. The Kier molecular flexibility index (Phi) is 5.67. The van der Waals surface area contributed by atoms with Crippen LogP contribution in [-0.2, 0) is 11.2 Å². The number of H-pyrrole nitrogens is 1. The molecule has 2 N–H and O–H groups in total. The van der Waals surface area contributed by atoms with Gasteiger partial charge in [-0.25, -0.2) is 0 Å². The number of amides is 1. The van der Waals surface area contributed by atoms with E-state index < -0.39 is 0 Å². The summed E-state index contributed by atoms with van der Waals surface area (Å²) in [5.41, 5.74) is 2.54. The molecule has 134 valence electrons. The summed E-state index contributed by atoms with van der Waals surface area (Å²) >= 11 is 6.28. The number of ether oxygens (including phenoxy) is 1. The van der Waals surface area contributed by atoms with Crippen molar-refractivity contribution >= 4 is 23.2 Å². The van der Waals surface area contributed by atoms with Gasteiger partial charge < -0.3 is 15.0 Å². The van der Waals surface area contributed by atoms with Crippen LogP contribution in [0.1, 0.15) is 41.3 Å². The predicted molar refractivity (Wildman–Crippen MR) is 96.1 cm³/mol. The van der Waals surface area contributed by atoms with Gasteiger partial charge in [-0.05, 0) is 18.6 Å². The van der Waals surface area contributed by atoms with Crippen LogP contribution in [0.15, 0.2) is 18.3 Å². The molecule has 0 saturated carbocycles. The van der Waals surface area contributed by atoms with Crippen molar-refractivity contribution in [3.63, 3.8) is 0 Å². The number of halogens is 1. The van der Waals surface area contributed by atoms with Crippen LogP contribution in [0.3, 0.4) is 0 Å². The molecule has 0 aliphatic carbocycles. The molecule has 0 spiro atoms. The monoisotopic (exact) mass is 363 g/mol. The number of nitrogens with zero attached hydrogens (tertiary/aromatic N) is 3. The van der Waals surface area contributed by atoms with Gasteiger partial charge in [0.05, 0.1) is 34.9 Å². The van der Waals surface area contributed by atoms with Gasteiger partial charge in [0.1, 0.15) is 6.10 Å². The summed E-state index contributed by atoms with van der Waals surface area (Å²) in [5, 5.41) is 10.6. The molecule has 0 bridgehead atoms. The van der Waals surface area contributed by atoms with Crippen molar-refractivity contribution in [2.75, 3.05) is 31.6 Å². The summed E-state index contributed by atoms with van der Waals surface area (Å²) in [7, 11) is 1.68. The van der Waals surface area contributed by atoms with Crippen molar-refractivity contribution in [1.29, 1.82) is 0 Å². The first-order valence-electron chi connectivity index (χ1n) is 8.40. The molecule has 1 atom stereocenters. The van der Waals surface area contributed by atoms with Crippen LogP contribution in [-0.4, -0.2) is 47.8 Å². The van der Waals surface area contributed by atoms with Crippen molar-refractivity contribution < 1.29 is 9.53 Å². The molecule has 7 nitrogen and oxygen atoms in total. The molecule has 0 radical (unpaired) electrons. The van der Waals surface area contributed by atoms with E-state index in [2.05, 4.69) is 20.5 Å². The second kappa shape index (κ2) is 7.95. The van der Waals surface area contributed by atoms with Gasteiger partial charge in [0, 0.05) is 20.1 Å². The van der Waals surface area contributed by atoms with Crippen molar-refractivity contribution in [2.45, 2.75) is 25.9 Å². The summed E-state index contributed by atoms with van der Waals surface area (Å²) in [5.74, 6) is -0.270. The number of aromatic nitrogens is 3. The smallest absolute Gasteiger partial charge is 0.280 e. The lowest BCUT2D eigenvalue weighted by Crippen LogP contribution is -2.33. The molecule has 1 saturated heterocycles. The van der Waals surface area contributed by atoms with Crippen LogP contribution in [0.4, 0.5) is 5.69 Å². The van der Waals surface area contributed by atoms with Gasteiger partial charge in [0.25, 0.3) is 5.91 Å². The van der Waals surface area contributed by atoms with E-state index in [1.54, 1.807) is 13.2 Å². The number of anilines is 1. The summed E-state index contributed by atoms with van der Waals surface area (Å²) in [6.45, 7) is 4.31. The fourth-order valence-corrected chi connectivity index (χ4v) is 3.00. The van der Waals surface area contributed by atoms with Crippen molar-refractivity contribution in [1.82, 2.24) is 20.5 Å². The van der Waals surface area contributed by atoms with E-state index in [1.807, 2.05) is 19.1 Å². The van der Waals surface area contributed by atoms with E-state index >= 15 is 0 Å². The number of aromatic amines is 1. The summed E-state index contributed by atoms with van der Waals surface area (Å²) in [4.78, 5) is 18.6. The molecule has 3 heterocycles. The standard InChI is InChI=1S/C17H22ClN5O2/c1-3-4-13-15(18)16(22-21-13)17(24)23(2)11-5-6-12(20-9-11)14-10-19-7-8-25-14/h5-6,9,14,19H,3-4,7-8,10H2,1-2H3,(H,21,22)/t14-/m1/s1. The molecule has 1 aliphatic rings. The third kappa shape index (κ3) is 3.84. The van der Waals surface area contributed by atoms with E-state index in [0.29, 0.717) is 17.3 Å². The highest BCUT2D eigenvalue weighted by molar-refractivity contribution is 6.34. The van der Waals surface area contributed by atoms with Crippen molar-refractivity contribution in [3.05, 3.63) is 40.4 Å². The predicted octanol–water partition coefficient (Wildman–Crippen LogP) is 2.35. The molecular formula is C17H22ClN5O2. The largest absolute Gasteiger partial charge is 0.369 e. The minimum atomic E-state index is -0.270. The quantitative estimate of drug-likeness (QED) is 0.852. The molecule has 1 aliphatic heterocycles. The van der Waals surface area contributed by atoms with Gasteiger partial charge in [0.2, 0.25) is 0 Å². The number of hydrogen-bond donors (Lipinski definition) is 2. The lowest BCUT2D eigenvalue weighted by atomic mass is 10.2. The summed E-state index contributed by atoms with van der Waals surface area (Å²) in [6.07, 6.45) is 3.29. The van der Waals surface area contributed by atoms with Gasteiger partial charge in [0.15, 0.2) is 5.69 Å². The molecule has 1 amide bonds. The second-order valence-electron chi connectivity index (χ2n) is 5.98. The number of carbonyl (C=O) groups excluding carboxylic acids is 1. The second-order valence-corrected chi connectivity index (χ2v) is 6.36. The first-order valence-corrected chi connectivity index (χ1v) is 8.78. The molecule has 25 heavy (non-hydrogen) atoms. The summed E-state index contributed by atoms with van der Waals surface area (Å²) < 4.78 is 5.69. The highest BCUT2D eigenvalue weighted by Gasteiger charge is 2.23. The average molecular weight is 364 g/mol. The van der Waals surface area contributed by atoms with Gasteiger partial charge in [-0.15, -0.1) is 0 Å². The van der Waals surface area contributed by atoms with Crippen LogP contribution in [0.2, 0.25) is 5.02 Å². The fourth-order valence-electron chi connectivity index (χ4n) is 2.74. The van der Waals surface area contributed by atoms with Crippen LogP contribution in [0, 0.1) is 0 Å². The van der Waals surface area contributed by atoms with Gasteiger partial charge >= 0.3 is 0 Å². The van der Waals surface area contributed by atoms with Crippen LogP contribution in [0.5, 0.6) is 0 Å². The fraction of sp³-hybridized carbons (Fsp3) is 0.471. The molecular weight excluding hydrogens is 342 g/mol. The first kappa shape index (κ1) is 17.8. The first-order chi connectivity index (χ1) is 12.1. The molecule has 1 fully saturated rings. The number of pyridine rings is 1. The Morgan fingerprint density at radius 3 is 2.96 bits per heavy atom. The number of hydrogen-bond acceptors (Lipinski definition) is 5. The minimum Gasteiger partial charge on any atom is -0.369 e. The number of morpholine rings is 1. The average Bonchev–Trinajstić information content (AvgIpc) is 3.02. The molecule has 3 rings (SSSR count). The number of aryl methyl sites for hydroxylation is 1. The molecule has 0 aromatic carbocycles. The Morgan fingerprint density at radius 1 is 1.48 bits per heavy atom. The van der Waals surface area contributed by atoms with Crippen LogP contribution in [0.25, 0.3) is 0 Å². The Hall–Kier alpha value is -1.96. The normalized spacial score (nSPS) is 17.5. The Balaban J connectivity index is 1.73. The highest BCUT2D eigenvalue weighted by Crippen LogP contribution is 2.24. The van der Waals surface area contributed by atoms with E-state index in [0.717, 1.165) is 37.3 Å². The van der Waals surface area contributed by atoms with Crippen LogP contribution < -0.4 is 10.2 Å². The van der Waals surface area contributed by atoms with Crippen molar-refractivity contribution in [3.8, 4) is 0 Å². The topological polar surface area (TPSA) is 83.1 Å². The highest BCUT2D eigenvalue weighted by atomic mass is 35.5. The maximum atomic E-state index is 12.7. The minimum absolute atomic E-state index is 0.0544. The van der Waals surface area contributed by atoms with E-state index in [4.69, 9.17) is 16.3 Å². The third-order valence-electron chi connectivity index (χ3n) is 4.20. The zero-order chi connectivity index (χ0) is 17.8. The maximum absolute atomic E-state index is 12.7. The Labute approximate surface area is 151 Å². The SMILES string of the molecule is CCCc1[nH]nc(C(=O)N(C)c2ccc([C@H]3CNCCO3)nc2)c1Cl. The Morgan fingerprint density at radius 2 is 2.32 bits per heavy atom. The zero-order valence-corrected chi connectivity index (χ0v) is 15.1. The van der Waals surface area contributed by atoms with Gasteiger partial charge in [-0.3, -0.25) is 14.9 Å². The zero-order valence-electron chi connectivity index (χ0n) is 14.4. The van der Waals surface area contributed by atoms with Crippen molar-refractivity contribution in [2.24, 2.45) is 0 Å². The van der Waals surface area contributed by atoms with Crippen LogP contribution >= 0.6 is 11.6 Å². The number of nitrogens with one attached hydrogen (secondary N) is 2. The number of carbonyl (C=O) groups is 1. The third-order valence-corrected chi connectivity index (χ3v) is 4.61. The number of rotatable bonds is 5.